The van der Waals surface area contributed by atoms with Crippen molar-refractivity contribution in [1.29, 1.82) is 0 Å². The number of nitrogens with zero attached hydrogens (tertiary/aromatic N) is 1. The fourth-order valence-electron chi connectivity index (χ4n) is 2.44. The molecular formula is C17H25N3O5S. The minimum absolute atomic E-state index is 0.126. The first-order chi connectivity index (χ1) is 12.1. The van der Waals surface area contributed by atoms with E-state index in [9.17, 15) is 18.0 Å². The Labute approximate surface area is 153 Å². The van der Waals surface area contributed by atoms with Gasteiger partial charge in [-0.2, -0.15) is 4.31 Å². The van der Waals surface area contributed by atoms with Crippen LogP contribution in [0.4, 0.5) is 0 Å². The van der Waals surface area contributed by atoms with Crippen molar-refractivity contribution in [3.8, 4) is 0 Å². The van der Waals surface area contributed by atoms with Gasteiger partial charge in [0.1, 0.15) is 0 Å². The van der Waals surface area contributed by atoms with E-state index in [-0.39, 0.29) is 28.4 Å². The molecule has 9 heteroatoms. The molecular weight excluding hydrogens is 358 g/mol. The summed E-state index contributed by atoms with van der Waals surface area (Å²) in [7, 11) is -3.59. The quantitative estimate of drug-likeness (QED) is 0.764. The molecule has 1 aliphatic rings. The summed E-state index contributed by atoms with van der Waals surface area (Å²) >= 11 is 0. The molecule has 1 aliphatic heterocycles. The van der Waals surface area contributed by atoms with Crippen molar-refractivity contribution in [2.75, 3.05) is 32.8 Å². The maximum atomic E-state index is 12.5. The highest BCUT2D eigenvalue weighted by atomic mass is 32.2. The molecule has 0 atom stereocenters. The van der Waals surface area contributed by atoms with Crippen LogP contribution in [0.15, 0.2) is 29.2 Å². The zero-order valence-electron chi connectivity index (χ0n) is 15.2. The van der Waals surface area contributed by atoms with Gasteiger partial charge in [0, 0.05) is 24.2 Å². The Kier molecular flexibility index (Phi) is 6.38. The summed E-state index contributed by atoms with van der Waals surface area (Å²) in [5.41, 5.74) is -0.0911. The lowest BCUT2D eigenvalue weighted by Crippen LogP contribution is -2.45. The standard InChI is InChI=1S/C17H25N3O5S/c1-17(2,3)19-15(21)12-18-16(22)13-4-6-14(7-5-13)26(23,24)20-8-10-25-11-9-20/h4-7H,8-12H2,1-3H3,(H,18,22)(H,19,21). The van der Waals surface area contributed by atoms with E-state index in [0.717, 1.165) is 0 Å². The van der Waals surface area contributed by atoms with Crippen LogP contribution in [0.2, 0.25) is 0 Å². The number of amides is 2. The van der Waals surface area contributed by atoms with Crippen molar-refractivity contribution < 1.29 is 22.7 Å². The number of carbonyl (C=O) groups excluding carboxylic acids is 2. The van der Waals surface area contributed by atoms with Gasteiger partial charge in [0.15, 0.2) is 0 Å². The maximum Gasteiger partial charge on any atom is 0.251 e. The molecule has 1 heterocycles. The summed E-state index contributed by atoms with van der Waals surface area (Å²) in [4.78, 5) is 24.0. The van der Waals surface area contributed by atoms with Crippen LogP contribution >= 0.6 is 0 Å². The van der Waals surface area contributed by atoms with Crippen LogP contribution in [0.5, 0.6) is 0 Å². The van der Waals surface area contributed by atoms with Crippen LogP contribution in [0.3, 0.4) is 0 Å². The number of benzene rings is 1. The lowest BCUT2D eigenvalue weighted by Gasteiger charge is -2.26. The lowest BCUT2D eigenvalue weighted by atomic mass is 10.1. The highest BCUT2D eigenvalue weighted by Gasteiger charge is 2.26. The normalized spacial score (nSPS) is 16.1. The van der Waals surface area contributed by atoms with E-state index in [2.05, 4.69) is 10.6 Å². The lowest BCUT2D eigenvalue weighted by molar-refractivity contribution is -0.121. The summed E-state index contributed by atoms with van der Waals surface area (Å²) in [5, 5.41) is 5.26. The third kappa shape index (κ3) is 5.52. The van der Waals surface area contributed by atoms with Crippen molar-refractivity contribution >= 4 is 21.8 Å². The first-order valence-electron chi connectivity index (χ1n) is 8.37. The molecule has 2 rings (SSSR count). The Morgan fingerprint density at radius 3 is 2.23 bits per heavy atom. The van der Waals surface area contributed by atoms with Gasteiger partial charge in [0.25, 0.3) is 5.91 Å². The van der Waals surface area contributed by atoms with Gasteiger partial charge in [-0.15, -0.1) is 0 Å². The summed E-state index contributed by atoms with van der Waals surface area (Å²) < 4.78 is 31.6. The van der Waals surface area contributed by atoms with E-state index in [1.165, 1.54) is 28.6 Å². The Morgan fingerprint density at radius 2 is 1.69 bits per heavy atom. The third-order valence-corrected chi connectivity index (χ3v) is 5.56. The minimum Gasteiger partial charge on any atom is -0.379 e. The van der Waals surface area contributed by atoms with E-state index in [1.54, 1.807) is 0 Å². The van der Waals surface area contributed by atoms with Crippen molar-refractivity contribution in [3.05, 3.63) is 29.8 Å². The number of hydrogen-bond donors (Lipinski definition) is 2. The van der Waals surface area contributed by atoms with Crippen molar-refractivity contribution in [2.24, 2.45) is 0 Å². The summed E-state index contributed by atoms with van der Waals surface area (Å²) in [6, 6.07) is 5.67. The molecule has 2 amide bonds. The molecule has 0 saturated carbocycles. The third-order valence-electron chi connectivity index (χ3n) is 3.65. The number of sulfonamides is 1. The van der Waals surface area contributed by atoms with Crippen LogP contribution < -0.4 is 10.6 Å². The number of morpholine rings is 1. The molecule has 8 nitrogen and oxygen atoms in total. The molecule has 1 saturated heterocycles. The Hall–Kier alpha value is -1.97. The van der Waals surface area contributed by atoms with Crippen molar-refractivity contribution in [1.82, 2.24) is 14.9 Å². The molecule has 1 aromatic rings. The highest BCUT2D eigenvalue weighted by Crippen LogP contribution is 2.17. The zero-order chi connectivity index (χ0) is 19.4. The molecule has 1 fully saturated rings. The van der Waals surface area contributed by atoms with Gasteiger partial charge >= 0.3 is 0 Å². The maximum absolute atomic E-state index is 12.5. The van der Waals surface area contributed by atoms with Gasteiger partial charge in [-0.05, 0) is 45.0 Å². The van der Waals surface area contributed by atoms with Gasteiger partial charge in [-0.1, -0.05) is 0 Å². The SMILES string of the molecule is CC(C)(C)NC(=O)CNC(=O)c1ccc(S(=O)(=O)N2CCOCC2)cc1. The Bertz CT molecular complexity index is 748. The average molecular weight is 383 g/mol. The van der Waals surface area contributed by atoms with E-state index >= 15 is 0 Å². The van der Waals surface area contributed by atoms with Crippen LogP contribution in [0, 0.1) is 0 Å². The largest absolute Gasteiger partial charge is 0.379 e. The number of rotatable bonds is 5. The van der Waals surface area contributed by atoms with Crippen LogP contribution in [-0.2, 0) is 19.6 Å². The molecule has 144 valence electrons. The molecule has 26 heavy (non-hydrogen) atoms. The van der Waals surface area contributed by atoms with Gasteiger partial charge < -0.3 is 15.4 Å². The first kappa shape index (κ1) is 20.3. The summed E-state index contributed by atoms with van der Waals surface area (Å²) in [5.74, 6) is -0.734. The molecule has 0 aliphatic carbocycles. The Morgan fingerprint density at radius 1 is 1.12 bits per heavy atom. The monoisotopic (exact) mass is 383 g/mol. The number of nitrogens with one attached hydrogen (secondary N) is 2. The second-order valence-electron chi connectivity index (χ2n) is 7.02. The first-order valence-corrected chi connectivity index (χ1v) is 9.81. The van der Waals surface area contributed by atoms with Crippen molar-refractivity contribution in [2.45, 2.75) is 31.2 Å². The smallest absolute Gasteiger partial charge is 0.251 e. The molecule has 0 unspecified atom stereocenters. The second-order valence-corrected chi connectivity index (χ2v) is 8.96. The van der Waals surface area contributed by atoms with Gasteiger partial charge in [0.05, 0.1) is 24.7 Å². The molecule has 2 N–H and O–H groups in total. The van der Waals surface area contributed by atoms with E-state index < -0.39 is 15.9 Å². The van der Waals surface area contributed by atoms with E-state index in [0.29, 0.717) is 26.3 Å². The van der Waals surface area contributed by atoms with Gasteiger partial charge in [-0.3, -0.25) is 9.59 Å². The summed E-state index contributed by atoms with van der Waals surface area (Å²) in [6.07, 6.45) is 0. The minimum atomic E-state index is -3.59. The van der Waals surface area contributed by atoms with E-state index in [1.807, 2.05) is 20.8 Å². The summed E-state index contributed by atoms with van der Waals surface area (Å²) in [6.45, 7) is 6.76. The van der Waals surface area contributed by atoms with Crippen LogP contribution in [0.25, 0.3) is 0 Å². The highest BCUT2D eigenvalue weighted by molar-refractivity contribution is 7.89. The Balaban J connectivity index is 1.98. The predicted molar refractivity (Wildman–Crippen MR) is 96.2 cm³/mol. The van der Waals surface area contributed by atoms with E-state index in [4.69, 9.17) is 4.74 Å². The average Bonchev–Trinajstić information content (AvgIpc) is 2.59. The molecule has 0 aromatic heterocycles. The van der Waals surface area contributed by atoms with Crippen molar-refractivity contribution in [3.63, 3.8) is 0 Å². The topological polar surface area (TPSA) is 105 Å². The molecule has 1 aromatic carbocycles. The fraction of sp³-hybridized carbons (Fsp3) is 0.529. The molecule has 0 bridgehead atoms. The van der Waals surface area contributed by atoms with Gasteiger partial charge in [-0.25, -0.2) is 8.42 Å². The molecule has 0 spiro atoms. The predicted octanol–water partition coefficient (Wildman–Crippen LogP) is 0.352. The zero-order valence-corrected chi connectivity index (χ0v) is 16.1. The van der Waals surface area contributed by atoms with Crippen LogP contribution in [0.1, 0.15) is 31.1 Å². The number of ether oxygens (including phenoxy) is 1. The van der Waals surface area contributed by atoms with Crippen LogP contribution in [-0.4, -0.2) is 62.9 Å². The molecule has 0 radical (unpaired) electrons. The number of hydrogen-bond acceptors (Lipinski definition) is 5. The fourth-order valence-corrected chi connectivity index (χ4v) is 3.85. The second kappa shape index (κ2) is 8.15. The number of carbonyl (C=O) groups is 2. The van der Waals surface area contributed by atoms with Gasteiger partial charge in [0.2, 0.25) is 15.9 Å².